The second-order valence-corrected chi connectivity index (χ2v) is 8.03. The van der Waals surface area contributed by atoms with Crippen molar-refractivity contribution >= 4 is 39.9 Å². The van der Waals surface area contributed by atoms with Gasteiger partial charge < -0.3 is 9.52 Å². The van der Waals surface area contributed by atoms with E-state index in [4.69, 9.17) is 16.0 Å². The molecule has 0 spiro atoms. The highest BCUT2D eigenvalue weighted by Crippen LogP contribution is 2.42. The van der Waals surface area contributed by atoms with E-state index in [2.05, 4.69) is 0 Å². The van der Waals surface area contributed by atoms with Crippen LogP contribution in [0, 0.1) is 0 Å². The molecule has 32 heavy (non-hydrogen) atoms. The lowest BCUT2D eigenvalue weighted by atomic mass is 9.98. The standard InChI is InChI=1S/C25H16ClNO5/c1-13(28)14-5-8-17(9-6-14)27-22(15-3-2-4-18(29)11-15)21-23(30)19-12-16(26)7-10-20(19)32-24(21)25(27)31/h2-12,22,29H,1H3. The van der Waals surface area contributed by atoms with Crippen molar-refractivity contribution in [2.45, 2.75) is 13.0 Å². The molecule has 0 saturated heterocycles. The van der Waals surface area contributed by atoms with Crippen molar-refractivity contribution in [2.24, 2.45) is 0 Å². The number of amides is 1. The van der Waals surface area contributed by atoms with Crippen molar-refractivity contribution in [3.8, 4) is 5.75 Å². The van der Waals surface area contributed by atoms with E-state index in [1.807, 2.05) is 0 Å². The first-order valence-electron chi connectivity index (χ1n) is 9.85. The molecule has 0 saturated carbocycles. The number of hydrogen-bond donors (Lipinski definition) is 1. The molecule has 1 unspecified atom stereocenters. The Labute approximate surface area is 187 Å². The third kappa shape index (κ3) is 3.08. The van der Waals surface area contributed by atoms with Crippen LogP contribution < -0.4 is 10.3 Å². The van der Waals surface area contributed by atoms with E-state index in [0.29, 0.717) is 21.8 Å². The smallest absolute Gasteiger partial charge is 0.295 e. The molecular weight excluding hydrogens is 430 g/mol. The van der Waals surface area contributed by atoms with Gasteiger partial charge in [-0.15, -0.1) is 0 Å². The quantitative estimate of drug-likeness (QED) is 0.443. The number of Topliss-reactive ketones (excluding diaryl/α,β-unsaturated/α-hetero) is 1. The molecule has 1 amide bonds. The molecule has 1 aromatic heterocycles. The zero-order chi connectivity index (χ0) is 22.6. The maximum atomic E-state index is 13.5. The molecule has 5 rings (SSSR count). The monoisotopic (exact) mass is 445 g/mol. The van der Waals surface area contributed by atoms with Crippen molar-refractivity contribution in [3.63, 3.8) is 0 Å². The maximum absolute atomic E-state index is 13.5. The molecule has 0 fully saturated rings. The number of carbonyl (C=O) groups is 2. The Morgan fingerprint density at radius 2 is 1.78 bits per heavy atom. The molecule has 0 bridgehead atoms. The van der Waals surface area contributed by atoms with Crippen molar-refractivity contribution in [1.82, 2.24) is 0 Å². The minimum atomic E-state index is -0.826. The van der Waals surface area contributed by atoms with Crippen LogP contribution in [0.4, 0.5) is 5.69 Å². The molecule has 2 heterocycles. The number of phenolic OH excluding ortho intramolecular Hbond substituents is 1. The number of rotatable bonds is 3. The van der Waals surface area contributed by atoms with E-state index in [1.54, 1.807) is 48.5 Å². The minimum Gasteiger partial charge on any atom is -0.508 e. The zero-order valence-electron chi connectivity index (χ0n) is 16.8. The number of carbonyl (C=O) groups excluding carboxylic acids is 2. The molecule has 0 aliphatic carbocycles. The fourth-order valence-electron chi connectivity index (χ4n) is 4.08. The fraction of sp³-hybridized carbons (Fsp3) is 0.0800. The second-order valence-electron chi connectivity index (χ2n) is 7.59. The normalized spacial score (nSPS) is 15.2. The van der Waals surface area contributed by atoms with Crippen molar-refractivity contribution < 1.29 is 19.1 Å². The van der Waals surface area contributed by atoms with Crippen molar-refractivity contribution in [2.75, 3.05) is 4.90 Å². The largest absolute Gasteiger partial charge is 0.508 e. The molecule has 0 radical (unpaired) electrons. The summed E-state index contributed by atoms with van der Waals surface area (Å²) in [6.07, 6.45) is 0. The first-order chi connectivity index (χ1) is 15.3. The van der Waals surface area contributed by atoms with Gasteiger partial charge in [0.05, 0.1) is 17.0 Å². The second kappa shape index (κ2) is 7.35. The number of halogens is 1. The molecule has 1 atom stereocenters. The van der Waals surface area contributed by atoms with Gasteiger partial charge in [0.2, 0.25) is 5.76 Å². The summed E-state index contributed by atoms with van der Waals surface area (Å²) in [5.41, 5.74) is 1.60. The van der Waals surface area contributed by atoms with Crippen LogP contribution in [-0.4, -0.2) is 16.8 Å². The van der Waals surface area contributed by atoms with Crippen LogP contribution in [0.3, 0.4) is 0 Å². The van der Waals surface area contributed by atoms with Gasteiger partial charge in [-0.2, -0.15) is 0 Å². The molecule has 7 heteroatoms. The van der Waals surface area contributed by atoms with Crippen LogP contribution in [0.1, 0.15) is 45.0 Å². The minimum absolute atomic E-state index is 0.00324. The van der Waals surface area contributed by atoms with Gasteiger partial charge in [-0.3, -0.25) is 19.3 Å². The summed E-state index contributed by atoms with van der Waals surface area (Å²) in [5.74, 6) is -0.646. The average molecular weight is 446 g/mol. The number of fused-ring (bicyclic) bond motifs is 2. The Morgan fingerprint density at radius 3 is 2.47 bits per heavy atom. The summed E-state index contributed by atoms with van der Waals surface area (Å²) in [4.78, 5) is 40.1. The number of benzene rings is 3. The van der Waals surface area contributed by atoms with Crippen LogP contribution in [0.5, 0.6) is 5.75 Å². The van der Waals surface area contributed by atoms with Crippen molar-refractivity contribution in [1.29, 1.82) is 0 Å². The van der Waals surface area contributed by atoms with Gasteiger partial charge in [-0.25, -0.2) is 0 Å². The summed E-state index contributed by atoms with van der Waals surface area (Å²) in [6.45, 7) is 1.46. The summed E-state index contributed by atoms with van der Waals surface area (Å²) in [6, 6.07) is 16.8. The summed E-state index contributed by atoms with van der Waals surface area (Å²) in [5, 5.41) is 10.7. The molecular formula is C25H16ClNO5. The molecule has 3 aromatic carbocycles. The van der Waals surface area contributed by atoms with Gasteiger partial charge in [-0.1, -0.05) is 23.7 Å². The number of nitrogens with zero attached hydrogens (tertiary/aromatic N) is 1. The zero-order valence-corrected chi connectivity index (χ0v) is 17.6. The third-order valence-electron chi connectivity index (χ3n) is 5.57. The number of phenols is 1. The van der Waals surface area contributed by atoms with Gasteiger partial charge >= 0.3 is 0 Å². The summed E-state index contributed by atoms with van der Waals surface area (Å²) in [7, 11) is 0. The molecule has 4 aromatic rings. The third-order valence-corrected chi connectivity index (χ3v) is 5.81. The lowest BCUT2D eigenvalue weighted by molar-refractivity contribution is 0.0970. The van der Waals surface area contributed by atoms with Gasteiger partial charge in [0.15, 0.2) is 11.2 Å². The van der Waals surface area contributed by atoms with E-state index in [0.717, 1.165) is 0 Å². The first-order valence-corrected chi connectivity index (χ1v) is 10.2. The van der Waals surface area contributed by atoms with E-state index >= 15 is 0 Å². The Bertz CT molecular complexity index is 1470. The van der Waals surface area contributed by atoms with E-state index in [-0.39, 0.29) is 39.3 Å². The molecule has 1 N–H and O–H groups in total. The SMILES string of the molecule is CC(=O)c1ccc(N2C(=O)c3oc4ccc(Cl)cc4c(=O)c3C2c2cccc(O)c2)cc1. The van der Waals surface area contributed by atoms with Crippen LogP contribution >= 0.6 is 11.6 Å². The molecule has 1 aliphatic heterocycles. The fourth-order valence-corrected chi connectivity index (χ4v) is 4.25. The lowest BCUT2D eigenvalue weighted by Gasteiger charge is -2.25. The molecule has 6 nitrogen and oxygen atoms in total. The Hall–Kier alpha value is -3.90. The topological polar surface area (TPSA) is 87.8 Å². The van der Waals surface area contributed by atoms with E-state index in [1.165, 1.54) is 30.0 Å². The van der Waals surface area contributed by atoms with Crippen LogP contribution in [0.25, 0.3) is 11.0 Å². The lowest BCUT2D eigenvalue weighted by Crippen LogP contribution is -2.29. The number of hydrogen-bond acceptors (Lipinski definition) is 5. The Balaban J connectivity index is 1.79. The summed E-state index contributed by atoms with van der Waals surface area (Å²) < 4.78 is 5.88. The van der Waals surface area contributed by atoms with Gasteiger partial charge in [-0.05, 0) is 67.1 Å². The highest BCUT2D eigenvalue weighted by atomic mass is 35.5. The summed E-state index contributed by atoms with van der Waals surface area (Å²) >= 11 is 6.09. The highest BCUT2D eigenvalue weighted by Gasteiger charge is 2.43. The van der Waals surface area contributed by atoms with Crippen LogP contribution in [0.2, 0.25) is 5.02 Å². The van der Waals surface area contributed by atoms with Gasteiger partial charge in [0, 0.05) is 16.3 Å². The van der Waals surface area contributed by atoms with E-state index < -0.39 is 11.9 Å². The van der Waals surface area contributed by atoms with Gasteiger partial charge in [0.25, 0.3) is 5.91 Å². The van der Waals surface area contributed by atoms with Crippen LogP contribution in [-0.2, 0) is 0 Å². The van der Waals surface area contributed by atoms with Crippen molar-refractivity contribution in [3.05, 3.63) is 104 Å². The number of anilines is 1. The first kappa shape index (κ1) is 20.0. The Morgan fingerprint density at radius 1 is 1.03 bits per heavy atom. The van der Waals surface area contributed by atoms with Crippen LogP contribution in [0.15, 0.2) is 75.9 Å². The average Bonchev–Trinajstić information content (AvgIpc) is 3.07. The molecule has 1 aliphatic rings. The van der Waals surface area contributed by atoms with Gasteiger partial charge in [0.1, 0.15) is 11.3 Å². The maximum Gasteiger partial charge on any atom is 0.295 e. The number of aromatic hydroxyl groups is 1. The Kier molecular flexibility index (Phi) is 4.60. The number of ketones is 1. The predicted octanol–water partition coefficient (Wildman–Crippen LogP) is 5.10. The van der Waals surface area contributed by atoms with E-state index in [9.17, 15) is 19.5 Å². The highest BCUT2D eigenvalue weighted by molar-refractivity contribution is 6.31. The molecule has 158 valence electrons. The predicted molar refractivity (Wildman–Crippen MR) is 121 cm³/mol.